The average molecular weight is 330 g/mol. The van der Waals surface area contributed by atoms with Crippen molar-refractivity contribution in [2.45, 2.75) is 25.5 Å². The van der Waals surface area contributed by atoms with E-state index in [1.165, 1.54) is 7.11 Å². The highest BCUT2D eigenvalue weighted by Gasteiger charge is 2.20. The first-order valence-corrected chi connectivity index (χ1v) is 8.61. The standard InChI is InChI=1S/C19H22O3S/c1-13-11-14(2)18(21)16(12-13)19(15-7-5-4-6-8-15)23-10-9-17(20)22-3/h4-8,11-12,19,21H,9-10H2,1-3H3. The Kier molecular flexibility index (Phi) is 6.11. The third kappa shape index (κ3) is 4.52. The van der Waals surface area contributed by atoms with Gasteiger partial charge in [0.2, 0.25) is 0 Å². The fourth-order valence-corrected chi connectivity index (χ4v) is 3.78. The van der Waals surface area contributed by atoms with E-state index < -0.39 is 0 Å². The highest BCUT2D eigenvalue weighted by atomic mass is 32.2. The fourth-order valence-electron chi connectivity index (χ4n) is 2.55. The van der Waals surface area contributed by atoms with E-state index in [-0.39, 0.29) is 11.2 Å². The molecule has 0 radical (unpaired) electrons. The van der Waals surface area contributed by atoms with Crippen LogP contribution in [0.3, 0.4) is 0 Å². The number of methoxy groups -OCH3 is 1. The summed E-state index contributed by atoms with van der Waals surface area (Å²) in [7, 11) is 1.40. The molecule has 0 aromatic heterocycles. The molecular formula is C19H22O3S. The second-order valence-corrected chi connectivity index (χ2v) is 6.72. The van der Waals surface area contributed by atoms with Gasteiger partial charge in [-0.2, -0.15) is 0 Å². The monoisotopic (exact) mass is 330 g/mol. The molecule has 1 unspecified atom stereocenters. The van der Waals surface area contributed by atoms with Gasteiger partial charge in [0.15, 0.2) is 0 Å². The van der Waals surface area contributed by atoms with Crippen molar-refractivity contribution in [2.24, 2.45) is 0 Å². The molecule has 0 aliphatic carbocycles. The van der Waals surface area contributed by atoms with Crippen LogP contribution in [0.1, 0.15) is 33.9 Å². The maximum Gasteiger partial charge on any atom is 0.306 e. The summed E-state index contributed by atoms with van der Waals surface area (Å²) in [6, 6.07) is 14.0. The van der Waals surface area contributed by atoms with Crippen molar-refractivity contribution in [3.63, 3.8) is 0 Å². The second kappa shape index (κ2) is 8.06. The van der Waals surface area contributed by atoms with Crippen molar-refractivity contribution in [3.8, 4) is 5.75 Å². The third-order valence-corrected chi connectivity index (χ3v) is 4.98. The van der Waals surface area contributed by atoms with Gasteiger partial charge in [-0.3, -0.25) is 4.79 Å². The Morgan fingerprint density at radius 2 is 1.91 bits per heavy atom. The van der Waals surface area contributed by atoms with Gasteiger partial charge in [-0.25, -0.2) is 0 Å². The molecular weight excluding hydrogens is 308 g/mol. The van der Waals surface area contributed by atoms with Gasteiger partial charge in [-0.05, 0) is 25.0 Å². The lowest BCUT2D eigenvalue weighted by atomic mass is 9.99. The minimum Gasteiger partial charge on any atom is -0.507 e. The summed E-state index contributed by atoms with van der Waals surface area (Å²) < 4.78 is 4.70. The van der Waals surface area contributed by atoms with Gasteiger partial charge >= 0.3 is 5.97 Å². The molecule has 0 saturated carbocycles. The normalized spacial score (nSPS) is 12.0. The average Bonchev–Trinajstić information content (AvgIpc) is 2.56. The van der Waals surface area contributed by atoms with E-state index in [0.717, 1.165) is 22.3 Å². The molecule has 1 atom stereocenters. The molecule has 4 heteroatoms. The Balaban J connectivity index is 2.32. The quantitative estimate of drug-likeness (QED) is 0.798. The number of benzene rings is 2. The van der Waals surface area contributed by atoms with E-state index in [0.29, 0.717) is 17.9 Å². The molecule has 3 nitrogen and oxygen atoms in total. The van der Waals surface area contributed by atoms with Crippen LogP contribution in [0.2, 0.25) is 0 Å². The van der Waals surface area contributed by atoms with Gasteiger partial charge in [0, 0.05) is 11.3 Å². The minimum atomic E-state index is -0.214. The van der Waals surface area contributed by atoms with Crippen LogP contribution in [0.25, 0.3) is 0 Å². The molecule has 0 heterocycles. The minimum absolute atomic E-state index is 0.0144. The number of ether oxygens (including phenoxy) is 1. The predicted molar refractivity (Wildman–Crippen MR) is 95.0 cm³/mol. The molecule has 0 amide bonds. The van der Waals surface area contributed by atoms with Gasteiger partial charge < -0.3 is 9.84 Å². The van der Waals surface area contributed by atoms with E-state index in [1.807, 2.05) is 56.3 Å². The Morgan fingerprint density at radius 3 is 2.57 bits per heavy atom. The molecule has 0 bridgehead atoms. The first kappa shape index (κ1) is 17.4. The van der Waals surface area contributed by atoms with E-state index in [1.54, 1.807) is 11.8 Å². The van der Waals surface area contributed by atoms with Crippen LogP contribution in [-0.4, -0.2) is 23.9 Å². The number of carbonyl (C=O) groups is 1. The summed E-state index contributed by atoms with van der Waals surface area (Å²) in [6.07, 6.45) is 0.357. The van der Waals surface area contributed by atoms with Gasteiger partial charge in [0.25, 0.3) is 0 Å². The fraction of sp³-hybridized carbons (Fsp3) is 0.316. The molecule has 2 aromatic rings. The molecule has 0 aliphatic heterocycles. The topological polar surface area (TPSA) is 46.5 Å². The largest absolute Gasteiger partial charge is 0.507 e. The van der Waals surface area contributed by atoms with E-state index in [9.17, 15) is 9.90 Å². The number of thioether (sulfide) groups is 1. The van der Waals surface area contributed by atoms with Crippen molar-refractivity contribution < 1.29 is 14.6 Å². The Labute approximate surface area is 141 Å². The highest BCUT2D eigenvalue weighted by molar-refractivity contribution is 7.99. The first-order valence-electron chi connectivity index (χ1n) is 7.56. The number of esters is 1. The van der Waals surface area contributed by atoms with Gasteiger partial charge in [-0.1, -0.05) is 48.0 Å². The molecule has 0 fully saturated rings. The summed E-state index contributed by atoms with van der Waals surface area (Å²) in [6.45, 7) is 3.93. The first-order chi connectivity index (χ1) is 11.0. The number of hydrogen-bond acceptors (Lipinski definition) is 4. The molecule has 0 spiro atoms. The van der Waals surface area contributed by atoms with Crippen LogP contribution >= 0.6 is 11.8 Å². The predicted octanol–water partition coefficient (Wildman–Crippen LogP) is 4.39. The summed E-state index contributed by atoms with van der Waals surface area (Å²) in [5, 5.41) is 10.5. The van der Waals surface area contributed by atoms with Gasteiger partial charge in [0.1, 0.15) is 5.75 Å². The molecule has 0 aliphatic rings. The van der Waals surface area contributed by atoms with Crippen LogP contribution in [-0.2, 0) is 9.53 Å². The SMILES string of the molecule is COC(=O)CCSC(c1ccccc1)c1cc(C)cc(C)c1O. The number of phenols is 1. The smallest absolute Gasteiger partial charge is 0.306 e. The third-order valence-electron chi connectivity index (χ3n) is 3.68. The number of aromatic hydroxyl groups is 1. The maximum atomic E-state index is 11.4. The number of rotatable bonds is 6. The molecule has 0 saturated heterocycles. The lowest BCUT2D eigenvalue weighted by Crippen LogP contribution is -2.05. The number of phenolic OH excluding ortho intramolecular Hbond substituents is 1. The zero-order chi connectivity index (χ0) is 16.8. The lowest BCUT2D eigenvalue weighted by molar-refractivity contribution is -0.140. The van der Waals surface area contributed by atoms with Crippen molar-refractivity contribution in [1.29, 1.82) is 0 Å². The summed E-state index contributed by atoms with van der Waals surface area (Å²) in [4.78, 5) is 11.4. The van der Waals surface area contributed by atoms with Crippen LogP contribution in [0.5, 0.6) is 5.75 Å². The van der Waals surface area contributed by atoms with Crippen molar-refractivity contribution in [2.75, 3.05) is 12.9 Å². The summed E-state index contributed by atoms with van der Waals surface area (Å²) in [5.74, 6) is 0.752. The summed E-state index contributed by atoms with van der Waals surface area (Å²) in [5.41, 5.74) is 3.99. The van der Waals surface area contributed by atoms with Crippen LogP contribution < -0.4 is 0 Å². The number of hydrogen-bond donors (Lipinski definition) is 1. The van der Waals surface area contributed by atoms with Crippen LogP contribution in [0.4, 0.5) is 0 Å². The van der Waals surface area contributed by atoms with Crippen molar-refractivity contribution in [1.82, 2.24) is 0 Å². The van der Waals surface area contributed by atoms with Gasteiger partial charge in [0.05, 0.1) is 18.8 Å². The van der Waals surface area contributed by atoms with E-state index in [4.69, 9.17) is 4.74 Å². The molecule has 2 rings (SSSR count). The van der Waals surface area contributed by atoms with Gasteiger partial charge in [-0.15, -0.1) is 11.8 Å². The lowest BCUT2D eigenvalue weighted by Gasteiger charge is -2.20. The summed E-state index contributed by atoms with van der Waals surface area (Å²) >= 11 is 1.64. The molecule has 23 heavy (non-hydrogen) atoms. The highest BCUT2D eigenvalue weighted by Crippen LogP contribution is 2.41. The van der Waals surface area contributed by atoms with E-state index in [2.05, 4.69) is 0 Å². The Hall–Kier alpha value is -1.94. The van der Waals surface area contributed by atoms with Crippen molar-refractivity contribution >= 4 is 17.7 Å². The molecule has 2 aromatic carbocycles. The van der Waals surface area contributed by atoms with Crippen LogP contribution in [0.15, 0.2) is 42.5 Å². The molecule has 122 valence electrons. The maximum absolute atomic E-state index is 11.4. The van der Waals surface area contributed by atoms with Crippen LogP contribution in [0, 0.1) is 13.8 Å². The van der Waals surface area contributed by atoms with Crippen molar-refractivity contribution in [3.05, 3.63) is 64.7 Å². The molecule has 1 N–H and O–H groups in total. The zero-order valence-electron chi connectivity index (χ0n) is 13.7. The Bertz CT molecular complexity index is 668. The zero-order valence-corrected chi connectivity index (χ0v) is 14.5. The number of aryl methyl sites for hydroxylation is 2. The second-order valence-electron chi connectivity index (χ2n) is 5.51. The number of carbonyl (C=O) groups excluding carboxylic acids is 1. The Morgan fingerprint density at radius 1 is 1.22 bits per heavy atom. The van der Waals surface area contributed by atoms with E-state index >= 15 is 0 Å².